The average molecular weight is 217 g/mol. The summed E-state index contributed by atoms with van der Waals surface area (Å²) < 4.78 is 0. The van der Waals surface area contributed by atoms with Crippen LogP contribution in [0.15, 0.2) is 0 Å². The normalized spacial score (nSPS) is 14.9. The molecule has 0 amide bonds. The van der Waals surface area contributed by atoms with Crippen LogP contribution in [0.25, 0.3) is 0 Å². The molecular formula is C10H19NO4. The number of aliphatic carboxylic acids is 2. The fourth-order valence-corrected chi connectivity index (χ4v) is 1.50. The van der Waals surface area contributed by atoms with E-state index >= 15 is 0 Å². The van der Waals surface area contributed by atoms with E-state index in [0.29, 0.717) is 13.0 Å². The van der Waals surface area contributed by atoms with Crippen LogP contribution in [0.1, 0.15) is 27.2 Å². The molecule has 0 heterocycles. The van der Waals surface area contributed by atoms with Gasteiger partial charge in [-0.1, -0.05) is 20.8 Å². The summed E-state index contributed by atoms with van der Waals surface area (Å²) >= 11 is 0. The van der Waals surface area contributed by atoms with Crippen LogP contribution in [0.2, 0.25) is 0 Å². The maximum absolute atomic E-state index is 10.9. The van der Waals surface area contributed by atoms with Gasteiger partial charge >= 0.3 is 11.9 Å². The van der Waals surface area contributed by atoms with Gasteiger partial charge in [0.05, 0.1) is 5.92 Å². The smallest absolute Gasteiger partial charge is 0.320 e. The maximum Gasteiger partial charge on any atom is 0.320 e. The van der Waals surface area contributed by atoms with E-state index in [2.05, 4.69) is 0 Å². The van der Waals surface area contributed by atoms with Gasteiger partial charge in [0, 0.05) is 6.54 Å². The number of likely N-dealkylation sites (N-methyl/N-ethyl adjacent to an activating group) is 1. The Balaban J connectivity index is 4.46. The van der Waals surface area contributed by atoms with Crippen LogP contribution in [0, 0.1) is 5.92 Å². The van der Waals surface area contributed by atoms with E-state index in [4.69, 9.17) is 10.2 Å². The molecular weight excluding hydrogens is 198 g/mol. The first-order valence-electron chi connectivity index (χ1n) is 5.13. The molecule has 2 N–H and O–H groups in total. The molecule has 0 saturated heterocycles. The van der Waals surface area contributed by atoms with Gasteiger partial charge in [-0.25, -0.2) is 0 Å². The Hall–Kier alpha value is -1.10. The van der Waals surface area contributed by atoms with E-state index in [0.717, 1.165) is 0 Å². The molecule has 0 aliphatic carbocycles. The van der Waals surface area contributed by atoms with Crippen molar-refractivity contribution in [1.29, 1.82) is 0 Å². The summed E-state index contributed by atoms with van der Waals surface area (Å²) in [6, 6.07) is -0.586. The maximum atomic E-state index is 10.9. The van der Waals surface area contributed by atoms with Crippen LogP contribution in [0.3, 0.4) is 0 Å². The van der Waals surface area contributed by atoms with Crippen molar-refractivity contribution in [2.45, 2.75) is 33.2 Å². The van der Waals surface area contributed by atoms with Crippen molar-refractivity contribution in [2.75, 3.05) is 13.1 Å². The van der Waals surface area contributed by atoms with Gasteiger partial charge in [-0.2, -0.15) is 0 Å². The monoisotopic (exact) mass is 217 g/mol. The van der Waals surface area contributed by atoms with Crippen molar-refractivity contribution in [3.8, 4) is 0 Å². The molecule has 0 saturated carbocycles. The van der Waals surface area contributed by atoms with Crippen molar-refractivity contribution in [3.05, 3.63) is 0 Å². The molecule has 2 unspecified atom stereocenters. The van der Waals surface area contributed by atoms with Crippen molar-refractivity contribution < 1.29 is 19.8 Å². The topological polar surface area (TPSA) is 77.8 Å². The molecule has 0 aromatic rings. The van der Waals surface area contributed by atoms with Crippen molar-refractivity contribution in [1.82, 2.24) is 4.90 Å². The fourth-order valence-electron chi connectivity index (χ4n) is 1.50. The Morgan fingerprint density at radius 3 is 2.00 bits per heavy atom. The van der Waals surface area contributed by atoms with E-state index in [1.165, 1.54) is 0 Å². The molecule has 5 heteroatoms. The number of carboxylic acid groups (broad SMARTS) is 2. The van der Waals surface area contributed by atoms with E-state index in [1.54, 1.807) is 18.7 Å². The van der Waals surface area contributed by atoms with E-state index in [1.807, 2.05) is 6.92 Å². The Morgan fingerprint density at radius 2 is 1.73 bits per heavy atom. The molecule has 0 radical (unpaired) electrons. The zero-order chi connectivity index (χ0) is 12.0. The van der Waals surface area contributed by atoms with Crippen molar-refractivity contribution in [2.24, 2.45) is 5.92 Å². The zero-order valence-electron chi connectivity index (χ0n) is 9.43. The summed E-state index contributed by atoms with van der Waals surface area (Å²) in [5.74, 6) is -2.33. The van der Waals surface area contributed by atoms with Gasteiger partial charge in [-0.15, -0.1) is 0 Å². The van der Waals surface area contributed by atoms with Gasteiger partial charge in [0.25, 0.3) is 0 Å². The SMILES string of the molecule is CCC(C(=O)O)N(CC)CC(C)C(=O)O. The summed E-state index contributed by atoms with van der Waals surface area (Å²) in [5.41, 5.74) is 0. The summed E-state index contributed by atoms with van der Waals surface area (Å²) in [6.45, 7) is 6.02. The second-order valence-corrected chi connectivity index (χ2v) is 3.59. The molecule has 0 aromatic carbocycles. The number of hydrogen-bond donors (Lipinski definition) is 2. The molecule has 15 heavy (non-hydrogen) atoms. The predicted octanol–water partition coefficient (Wildman–Crippen LogP) is 0.892. The standard InChI is InChI=1S/C10H19NO4/c1-4-8(10(14)15)11(5-2)6-7(3)9(12)13/h7-8H,4-6H2,1-3H3,(H,12,13)(H,14,15). The van der Waals surface area contributed by atoms with Crippen molar-refractivity contribution >= 4 is 11.9 Å². The Labute approximate surface area is 89.7 Å². The third-order valence-electron chi connectivity index (χ3n) is 2.45. The minimum Gasteiger partial charge on any atom is -0.481 e. The van der Waals surface area contributed by atoms with Crippen LogP contribution in [0.4, 0.5) is 0 Å². The highest BCUT2D eigenvalue weighted by molar-refractivity contribution is 5.74. The Morgan fingerprint density at radius 1 is 1.20 bits per heavy atom. The third-order valence-corrected chi connectivity index (χ3v) is 2.45. The lowest BCUT2D eigenvalue weighted by atomic mass is 10.1. The molecule has 88 valence electrons. The molecule has 0 aliphatic heterocycles. The minimum atomic E-state index is -0.895. The second kappa shape index (κ2) is 6.40. The van der Waals surface area contributed by atoms with Crippen LogP contribution >= 0.6 is 0 Å². The molecule has 0 bridgehead atoms. The number of rotatable bonds is 7. The van der Waals surface area contributed by atoms with Crippen LogP contribution in [-0.2, 0) is 9.59 Å². The molecule has 2 atom stereocenters. The molecule has 0 aliphatic rings. The molecule has 0 fully saturated rings. The highest BCUT2D eigenvalue weighted by Crippen LogP contribution is 2.08. The molecule has 5 nitrogen and oxygen atoms in total. The van der Waals surface area contributed by atoms with Gasteiger partial charge in [-0.05, 0) is 13.0 Å². The first-order valence-corrected chi connectivity index (χ1v) is 5.13. The van der Waals surface area contributed by atoms with Crippen LogP contribution < -0.4 is 0 Å². The lowest BCUT2D eigenvalue weighted by molar-refractivity contribution is -0.147. The van der Waals surface area contributed by atoms with E-state index in [9.17, 15) is 9.59 Å². The van der Waals surface area contributed by atoms with Crippen LogP contribution in [0.5, 0.6) is 0 Å². The van der Waals surface area contributed by atoms with E-state index in [-0.39, 0.29) is 6.54 Å². The lowest BCUT2D eigenvalue weighted by Gasteiger charge is -2.28. The first kappa shape index (κ1) is 13.9. The van der Waals surface area contributed by atoms with Gasteiger partial charge in [0.1, 0.15) is 6.04 Å². The highest BCUT2D eigenvalue weighted by Gasteiger charge is 2.25. The van der Waals surface area contributed by atoms with Gasteiger partial charge in [0.15, 0.2) is 0 Å². The lowest BCUT2D eigenvalue weighted by Crippen LogP contribution is -2.44. The average Bonchev–Trinajstić information content (AvgIpc) is 2.16. The highest BCUT2D eigenvalue weighted by atomic mass is 16.4. The number of carboxylic acids is 2. The minimum absolute atomic E-state index is 0.274. The fraction of sp³-hybridized carbons (Fsp3) is 0.800. The number of nitrogens with zero attached hydrogens (tertiary/aromatic N) is 1. The van der Waals surface area contributed by atoms with Crippen molar-refractivity contribution in [3.63, 3.8) is 0 Å². The second-order valence-electron chi connectivity index (χ2n) is 3.59. The Bertz CT molecular complexity index is 229. The van der Waals surface area contributed by atoms with E-state index < -0.39 is 23.9 Å². The summed E-state index contributed by atoms with van der Waals surface area (Å²) in [4.78, 5) is 23.2. The first-order chi connectivity index (χ1) is 6.93. The molecule has 0 spiro atoms. The third kappa shape index (κ3) is 4.29. The molecule has 0 aromatic heterocycles. The largest absolute Gasteiger partial charge is 0.481 e. The Kier molecular flexibility index (Phi) is 5.93. The van der Waals surface area contributed by atoms with Crippen LogP contribution in [-0.4, -0.2) is 46.2 Å². The van der Waals surface area contributed by atoms with Gasteiger partial charge in [-0.3, -0.25) is 14.5 Å². The molecule has 0 rings (SSSR count). The predicted molar refractivity (Wildman–Crippen MR) is 55.8 cm³/mol. The summed E-state index contributed by atoms with van der Waals surface area (Å²) in [5, 5.41) is 17.7. The van der Waals surface area contributed by atoms with Gasteiger partial charge < -0.3 is 10.2 Å². The zero-order valence-corrected chi connectivity index (χ0v) is 9.43. The number of carbonyl (C=O) groups is 2. The summed E-state index contributed by atoms with van der Waals surface area (Å²) in [6.07, 6.45) is 0.482. The summed E-state index contributed by atoms with van der Waals surface area (Å²) in [7, 11) is 0. The van der Waals surface area contributed by atoms with Gasteiger partial charge in [0.2, 0.25) is 0 Å². The quantitative estimate of drug-likeness (QED) is 0.662. The number of hydrogen-bond acceptors (Lipinski definition) is 3.